The first-order valence-electron chi connectivity index (χ1n) is 4.97. The van der Waals surface area contributed by atoms with Gasteiger partial charge in [-0.1, -0.05) is 0 Å². The Bertz CT molecular complexity index is 286. The fourth-order valence-electron chi connectivity index (χ4n) is 2.37. The Labute approximate surface area is 83.9 Å². The Morgan fingerprint density at radius 3 is 2.93 bits per heavy atom. The summed E-state index contributed by atoms with van der Waals surface area (Å²) in [6.07, 6.45) is 1.20. The zero-order valence-corrected chi connectivity index (χ0v) is 8.67. The minimum Gasteiger partial charge on any atom is -0.299 e. The maximum absolute atomic E-state index is 11.5. The number of carbonyl (C=O) groups excluding carboxylic acids is 1. The number of hydroxylamine groups is 1. The van der Waals surface area contributed by atoms with E-state index < -0.39 is 0 Å². The molecule has 4 heteroatoms. The number of nitrogens with zero attached hydrogens (tertiary/aromatic N) is 1. The summed E-state index contributed by atoms with van der Waals surface area (Å²) in [5.41, 5.74) is 4.50. The lowest BCUT2D eigenvalue weighted by molar-refractivity contribution is -0.127. The fraction of sp³-hybridized carbons (Fsp3) is 0.700. The number of fused-ring (bicyclic) bond motifs is 2. The number of rotatable bonds is 2. The van der Waals surface area contributed by atoms with Gasteiger partial charge >= 0.3 is 0 Å². The minimum absolute atomic E-state index is 0.101. The first-order valence-corrected chi connectivity index (χ1v) is 4.97. The average molecular weight is 196 g/mol. The molecule has 0 aromatic rings. The highest BCUT2D eigenvalue weighted by molar-refractivity contribution is 5.93. The van der Waals surface area contributed by atoms with Crippen LogP contribution in [0, 0.1) is 5.92 Å². The van der Waals surface area contributed by atoms with Gasteiger partial charge in [-0.05, 0) is 31.4 Å². The number of amides is 1. The first-order chi connectivity index (χ1) is 6.72. The van der Waals surface area contributed by atoms with Gasteiger partial charge in [0.05, 0.1) is 7.11 Å². The Hall–Kier alpha value is -0.870. The number of hydrogen-bond acceptors (Lipinski definition) is 3. The monoisotopic (exact) mass is 196 g/mol. The normalized spacial score (nSPS) is 33.3. The standard InChI is InChI=1S/C10H16N2O2/c1-7(10(13)11-14-2)9-6-12-4-3-8(9)5-12/h8H,3-6H2,1-2H3,(H,11,13). The molecule has 2 atom stereocenters. The molecule has 1 amide bonds. The van der Waals surface area contributed by atoms with Crippen LogP contribution in [-0.4, -0.2) is 37.6 Å². The van der Waals surface area contributed by atoms with Crippen LogP contribution in [0.2, 0.25) is 0 Å². The van der Waals surface area contributed by atoms with Gasteiger partial charge in [-0.25, -0.2) is 5.48 Å². The SMILES string of the molecule is CONC(=O)C(C)=C1CN2CCC1C2. The predicted molar refractivity (Wildman–Crippen MR) is 52.4 cm³/mol. The van der Waals surface area contributed by atoms with Crippen molar-refractivity contribution in [1.82, 2.24) is 10.4 Å². The third-order valence-corrected chi connectivity index (χ3v) is 3.18. The lowest BCUT2D eigenvalue weighted by Crippen LogP contribution is -2.26. The molecule has 2 saturated heterocycles. The van der Waals surface area contributed by atoms with Crippen molar-refractivity contribution in [2.24, 2.45) is 5.92 Å². The molecule has 14 heavy (non-hydrogen) atoms. The minimum atomic E-state index is -0.101. The highest BCUT2D eigenvalue weighted by Gasteiger charge is 2.35. The van der Waals surface area contributed by atoms with E-state index in [0.717, 1.165) is 18.7 Å². The molecule has 1 N–H and O–H groups in total. The Kier molecular flexibility index (Phi) is 2.56. The maximum Gasteiger partial charge on any atom is 0.270 e. The highest BCUT2D eigenvalue weighted by atomic mass is 16.6. The van der Waals surface area contributed by atoms with Gasteiger partial charge in [-0.3, -0.25) is 14.5 Å². The Morgan fingerprint density at radius 2 is 2.43 bits per heavy atom. The Balaban J connectivity index is 2.11. The van der Waals surface area contributed by atoms with E-state index in [1.807, 2.05) is 6.92 Å². The molecular weight excluding hydrogens is 180 g/mol. The summed E-state index contributed by atoms with van der Waals surface area (Å²) in [6.45, 7) is 5.17. The molecule has 0 saturated carbocycles. The Morgan fingerprint density at radius 1 is 1.64 bits per heavy atom. The zero-order chi connectivity index (χ0) is 10.1. The molecule has 0 aromatic heterocycles. The van der Waals surface area contributed by atoms with Gasteiger partial charge in [-0.15, -0.1) is 0 Å². The highest BCUT2D eigenvalue weighted by Crippen LogP contribution is 2.34. The largest absolute Gasteiger partial charge is 0.299 e. The molecule has 2 rings (SSSR count). The number of piperidine rings is 1. The van der Waals surface area contributed by atoms with E-state index in [1.165, 1.54) is 25.6 Å². The van der Waals surface area contributed by atoms with E-state index in [2.05, 4.69) is 15.2 Å². The molecule has 0 aromatic carbocycles. The van der Waals surface area contributed by atoms with Gasteiger partial charge in [0.15, 0.2) is 0 Å². The second-order valence-electron chi connectivity index (χ2n) is 4.01. The van der Waals surface area contributed by atoms with Crippen LogP contribution in [0.5, 0.6) is 0 Å². The lowest BCUT2D eigenvalue weighted by atomic mass is 9.94. The maximum atomic E-state index is 11.5. The van der Waals surface area contributed by atoms with Crippen molar-refractivity contribution in [2.45, 2.75) is 13.3 Å². The third kappa shape index (κ3) is 1.55. The lowest BCUT2D eigenvalue weighted by Gasteiger charge is -2.17. The molecule has 0 spiro atoms. The first kappa shape index (κ1) is 9.68. The van der Waals surface area contributed by atoms with Crippen molar-refractivity contribution in [3.63, 3.8) is 0 Å². The van der Waals surface area contributed by atoms with Crippen LogP contribution in [0.4, 0.5) is 0 Å². The average Bonchev–Trinajstić information content (AvgIpc) is 2.77. The van der Waals surface area contributed by atoms with E-state index in [0.29, 0.717) is 5.92 Å². The quantitative estimate of drug-likeness (QED) is 0.510. The van der Waals surface area contributed by atoms with E-state index in [-0.39, 0.29) is 5.91 Å². The molecule has 2 aliphatic rings. The summed E-state index contributed by atoms with van der Waals surface area (Å²) in [6, 6.07) is 0. The summed E-state index contributed by atoms with van der Waals surface area (Å²) in [4.78, 5) is 18.5. The fourth-order valence-corrected chi connectivity index (χ4v) is 2.37. The zero-order valence-electron chi connectivity index (χ0n) is 8.67. The molecule has 2 bridgehead atoms. The van der Waals surface area contributed by atoms with E-state index in [4.69, 9.17) is 0 Å². The molecule has 2 unspecified atom stereocenters. The van der Waals surface area contributed by atoms with Gasteiger partial charge in [0, 0.05) is 18.7 Å². The second kappa shape index (κ2) is 3.71. The van der Waals surface area contributed by atoms with Crippen LogP contribution in [0.25, 0.3) is 0 Å². The van der Waals surface area contributed by atoms with Gasteiger partial charge in [0.25, 0.3) is 5.91 Å². The summed E-state index contributed by atoms with van der Waals surface area (Å²) in [5.74, 6) is 0.508. The summed E-state index contributed by atoms with van der Waals surface area (Å²) in [7, 11) is 1.46. The van der Waals surface area contributed by atoms with Crippen LogP contribution in [0.1, 0.15) is 13.3 Å². The van der Waals surface area contributed by atoms with Crippen molar-refractivity contribution in [3.05, 3.63) is 11.1 Å². The number of carbonyl (C=O) groups is 1. The molecule has 0 aliphatic carbocycles. The summed E-state index contributed by atoms with van der Waals surface area (Å²) < 4.78 is 0. The van der Waals surface area contributed by atoms with E-state index in [1.54, 1.807) is 0 Å². The molecular formula is C10H16N2O2. The number of nitrogens with one attached hydrogen (secondary N) is 1. The molecule has 2 fully saturated rings. The molecule has 2 aliphatic heterocycles. The van der Waals surface area contributed by atoms with Gasteiger partial charge in [0.2, 0.25) is 0 Å². The smallest absolute Gasteiger partial charge is 0.270 e. The van der Waals surface area contributed by atoms with Crippen molar-refractivity contribution < 1.29 is 9.63 Å². The van der Waals surface area contributed by atoms with Gasteiger partial charge in [-0.2, -0.15) is 0 Å². The van der Waals surface area contributed by atoms with E-state index >= 15 is 0 Å². The molecule has 0 radical (unpaired) electrons. The molecule has 2 heterocycles. The third-order valence-electron chi connectivity index (χ3n) is 3.18. The van der Waals surface area contributed by atoms with Crippen molar-refractivity contribution in [1.29, 1.82) is 0 Å². The van der Waals surface area contributed by atoms with Crippen molar-refractivity contribution in [3.8, 4) is 0 Å². The van der Waals surface area contributed by atoms with Gasteiger partial charge < -0.3 is 0 Å². The predicted octanol–water partition coefficient (Wildman–Crippen LogP) is 0.316. The van der Waals surface area contributed by atoms with Crippen LogP contribution in [0.3, 0.4) is 0 Å². The van der Waals surface area contributed by atoms with E-state index in [9.17, 15) is 4.79 Å². The van der Waals surface area contributed by atoms with Crippen LogP contribution < -0.4 is 5.48 Å². The van der Waals surface area contributed by atoms with Crippen LogP contribution >= 0.6 is 0 Å². The van der Waals surface area contributed by atoms with Crippen LogP contribution in [0.15, 0.2) is 11.1 Å². The van der Waals surface area contributed by atoms with Crippen molar-refractivity contribution >= 4 is 5.91 Å². The molecule has 4 nitrogen and oxygen atoms in total. The van der Waals surface area contributed by atoms with Crippen molar-refractivity contribution in [2.75, 3.05) is 26.7 Å². The molecule has 78 valence electrons. The topological polar surface area (TPSA) is 41.6 Å². The number of hydrogen-bond donors (Lipinski definition) is 1. The second-order valence-corrected chi connectivity index (χ2v) is 4.01. The summed E-state index contributed by atoms with van der Waals surface area (Å²) >= 11 is 0. The van der Waals surface area contributed by atoms with Crippen LogP contribution in [-0.2, 0) is 9.63 Å². The summed E-state index contributed by atoms with van der Waals surface area (Å²) in [5, 5.41) is 0. The van der Waals surface area contributed by atoms with Gasteiger partial charge in [0.1, 0.15) is 0 Å².